The molecule has 0 radical (unpaired) electrons. The second-order valence-electron chi connectivity index (χ2n) is 3.98. The molecule has 1 atom stereocenters. The van der Waals surface area contributed by atoms with E-state index in [2.05, 4.69) is 5.10 Å². The van der Waals surface area contributed by atoms with E-state index in [4.69, 9.17) is 5.11 Å². The standard InChI is InChI=1S/C10H15N3O2/c1-7-8(6-12(2)11-7)9-4-3-5-13(9)10(14)15/h6,9H,3-5H2,1-2H3,(H,14,15)/t9-/m0/s1. The highest BCUT2D eigenvalue weighted by Crippen LogP contribution is 2.33. The molecular weight excluding hydrogens is 194 g/mol. The lowest BCUT2D eigenvalue weighted by molar-refractivity contribution is 0.140. The van der Waals surface area contributed by atoms with Gasteiger partial charge in [0.15, 0.2) is 0 Å². The lowest BCUT2D eigenvalue weighted by Crippen LogP contribution is -2.28. The zero-order valence-corrected chi connectivity index (χ0v) is 8.97. The van der Waals surface area contributed by atoms with Crippen LogP contribution in [-0.2, 0) is 7.05 Å². The molecule has 1 saturated heterocycles. The Labute approximate surface area is 88.3 Å². The molecule has 0 bridgehead atoms. The monoisotopic (exact) mass is 209 g/mol. The van der Waals surface area contributed by atoms with E-state index in [-0.39, 0.29) is 6.04 Å². The Morgan fingerprint density at radius 2 is 2.40 bits per heavy atom. The third kappa shape index (κ3) is 1.69. The van der Waals surface area contributed by atoms with E-state index in [0.717, 1.165) is 24.1 Å². The molecule has 15 heavy (non-hydrogen) atoms. The Balaban J connectivity index is 2.30. The second-order valence-corrected chi connectivity index (χ2v) is 3.98. The molecule has 0 aliphatic carbocycles. The van der Waals surface area contributed by atoms with Gasteiger partial charge in [0.05, 0.1) is 11.7 Å². The highest BCUT2D eigenvalue weighted by atomic mass is 16.4. The van der Waals surface area contributed by atoms with Crippen molar-refractivity contribution in [2.45, 2.75) is 25.8 Å². The summed E-state index contributed by atoms with van der Waals surface area (Å²) >= 11 is 0. The highest BCUT2D eigenvalue weighted by Gasteiger charge is 2.31. The van der Waals surface area contributed by atoms with Crippen molar-refractivity contribution in [3.8, 4) is 0 Å². The molecule has 1 aliphatic heterocycles. The zero-order chi connectivity index (χ0) is 11.0. The van der Waals surface area contributed by atoms with Crippen LogP contribution in [0.25, 0.3) is 0 Å². The van der Waals surface area contributed by atoms with E-state index >= 15 is 0 Å². The second kappa shape index (κ2) is 3.56. The first-order valence-corrected chi connectivity index (χ1v) is 5.09. The van der Waals surface area contributed by atoms with Crippen LogP contribution in [0.5, 0.6) is 0 Å². The third-order valence-electron chi connectivity index (χ3n) is 2.91. The first kappa shape index (κ1) is 10.0. The molecule has 2 rings (SSSR count). The first-order valence-electron chi connectivity index (χ1n) is 5.09. The Morgan fingerprint density at radius 1 is 1.67 bits per heavy atom. The number of hydrogen-bond acceptors (Lipinski definition) is 2. The van der Waals surface area contributed by atoms with Gasteiger partial charge in [0.1, 0.15) is 0 Å². The molecule has 1 aromatic heterocycles. The number of rotatable bonds is 1. The Kier molecular flexibility index (Phi) is 2.38. The fourth-order valence-corrected chi connectivity index (χ4v) is 2.26. The van der Waals surface area contributed by atoms with Crippen molar-refractivity contribution in [2.75, 3.05) is 6.54 Å². The maximum absolute atomic E-state index is 11.0. The van der Waals surface area contributed by atoms with E-state index in [1.165, 1.54) is 4.90 Å². The van der Waals surface area contributed by atoms with Crippen LogP contribution in [0.15, 0.2) is 6.20 Å². The molecule has 5 heteroatoms. The van der Waals surface area contributed by atoms with Gasteiger partial charge in [-0.05, 0) is 19.8 Å². The maximum atomic E-state index is 11.0. The van der Waals surface area contributed by atoms with Gasteiger partial charge in [-0.2, -0.15) is 5.10 Å². The van der Waals surface area contributed by atoms with Crippen LogP contribution in [-0.4, -0.2) is 32.4 Å². The van der Waals surface area contributed by atoms with Crippen LogP contribution in [0.3, 0.4) is 0 Å². The smallest absolute Gasteiger partial charge is 0.407 e. The van der Waals surface area contributed by atoms with Gasteiger partial charge in [-0.3, -0.25) is 4.68 Å². The minimum absolute atomic E-state index is 0.00352. The minimum Gasteiger partial charge on any atom is -0.465 e. The quantitative estimate of drug-likeness (QED) is 0.763. The predicted molar refractivity (Wildman–Crippen MR) is 54.7 cm³/mol. The number of aromatic nitrogens is 2. The summed E-state index contributed by atoms with van der Waals surface area (Å²) in [5, 5.41) is 13.3. The minimum atomic E-state index is -0.833. The van der Waals surface area contributed by atoms with Gasteiger partial charge in [-0.25, -0.2) is 4.79 Å². The van der Waals surface area contributed by atoms with Crippen LogP contribution < -0.4 is 0 Å². The molecule has 0 spiro atoms. The van der Waals surface area contributed by atoms with E-state index in [1.807, 2.05) is 20.2 Å². The summed E-state index contributed by atoms with van der Waals surface area (Å²) in [6.45, 7) is 2.56. The van der Waals surface area contributed by atoms with Gasteiger partial charge >= 0.3 is 6.09 Å². The molecular formula is C10H15N3O2. The van der Waals surface area contributed by atoms with Gasteiger partial charge in [0, 0.05) is 25.4 Å². The maximum Gasteiger partial charge on any atom is 0.407 e. The summed E-state index contributed by atoms with van der Waals surface area (Å²) < 4.78 is 1.74. The fourth-order valence-electron chi connectivity index (χ4n) is 2.26. The molecule has 82 valence electrons. The molecule has 0 aromatic carbocycles. The average Bonchev–Trinajstić information content (AvgIpc) is 2.71. The van der Waals surface area contributed by atoms with Crippen LogP contribution >= 0.6 is 0 Å². The van der Waals surface area contributed by atoms with Crippen molar-refractivity contribution < 1.29 is 9.90 Å². The van der Waals surface area contributed by atoms with Crippen molar-refractivity contribution >= 4 is 6.09 Å². The Hall–Kier alpha value is -1.52. The van der Waals surface area contributed by atoms with Crippen molar-refractivity contribution in [3.63, 3.8) is 0 Å². The van der Waals surface area contributed by atoms with Crippen molar-refractivity contribution in [1.29, 1.82) is 0 Å². The lowest BCUT2D eigenvalue weighted by Gasteiger charge is -2.20. The van der Waals surface area contributed by atoms with E-state index < -0.39 is 6.09 Å². The zero-order valence-electron chi connectivity index (χ0n) is 8.97. The number of nitrogens with zero attached hydrogens (tertiary/aromatic N) is 3. The van der Waals surface area contributed by atoms with Gasteiger partial charge < -0.3 is 10.0 Å². The molecule has 2 heterocycles. The number of carboxylic acid groups (broad SMARTS) is 1. The summed E-state index contributed by atoms with van der Waals surface area (Å²) in [5.41, 5.74) is 1.97. The van der Waals surface area contributed by atoms with Crippen LogP contribution in [0.2, 0.25) is 0 Å². The van der Waals surface area contributed by atoms with Crippen LogP contribution in [0.1, 0.15) is 30.1 Å². The summed E-state index contributed by atoms with van der Waals surface area (Å²) in [7, 11) is 1.86. The summed E-state index contributed by atoms with van der Waals surface area (Å²) in [5.74, 6) is 0. The first-order chi connectivity index (χ1) is 7.09. The number of aryl methyl sites for hydroxylation is 2. The van der Waals surface area contributed by atoms with E-state index in [1.54, 1.807) is 4.68 Å². The highest BCUT2D eigenvalue weighted by molar-refractivity contribution is 5.66. The van der Waals surface area contributed by atoms with Gasteiger partial charge in [-0.15, -0.1) is 0 Å². The SMILES string of the molecule is Cc1nn(C)cc1[C@@H]1CCCN1C(=O)O. The van der Waals surface area contributed by atoms with E-state index in [0.29, 0.717) is 6.54 Å². The number of likely N-dealkylation sites (tertiary alicyclic amines) is 1. The normalized spacial score (nSPS) is 20.9. The van der Waals surface area contributed by atoms with Crippen LogP contribution in [0, 0.1) is 6.92 Å². The average molecular weight is 209 g/mol. The molecule has 0 saturated carbocycles. The summed E-state index contributed by atoms with van der Waals surface area (Å²) in [4.78, 5) is 12.5. The molecule has 1 aliphatic rings. The molecule has 5 nitrogen and oxygen atoms in total. The van der Waals surface area contributed by atoms with Crippen molar-refractivity contribution in [2.24, 2.45) is 7.05 Å². The predicted octanol–water partition coefficient (Wildman–Crippen LogP) is 1.54. The van der Waals surface area contributed by atoms with Crippen LogP contribution in [0.4, 0.5) is 4.79 Å². The summed E-state index contributed by atoms with van der Waals surface area (Å²) in [6.07, 6.45) is 2.92. The Morgan fingerprint density at radius 3 is 2.93 bits per heavy atom. The molecule has 1 N–H and O–H groups in total. The molecule has 0 unspecified atom stereocenters. The molecule has 1 fully saturated rings. The number of carbonyl (C=O) groups is 1. The van der Waals surface area contributed by atoms with Crippen molar-refractivity contribution in [3.05, 3.63) is 17.5 Å². The van der Waals surface area contributed by atoms with Crippen molar-refractivity contribution in [1.82, 2.24) is 14.7 Å². The fraction of sp³-hybridized carbons (Fsp3) is 0.600. The summed E-state index contributed by atoms with van der Waals surface area (Å²) in [6, 6.07) is -0.00352. The number of hydrogen-bond donors (Lipinski definition) is 1. The van der Waals surface area contributed by atoms with E-state index in [9.17, 15) is 4.79 Å². The van der Waals surface area contributed by atoms with Gasteiger partial charge in [0.2, 0.25) is 0 Å². The Bertz CT molecular complexity index is 386. The van der Waals surface area contributed by atoms with Gasteiger partial charge in [0.25, 0.3) is 0 Å². The topological polar surface area (TPSA) is 58.4 Å². The molecule has 1 amide bonds. The lowest BCUT2D eigenvalue weighted by atomic mass is 10.1. The third-order valence-corrected chi connectivity index (χ3v) is 2.91. The molecule has 1 aromatic rings. The number of amides is 1. The largest absolute Gasteiger partial charge is 0.465 e. The van der Waals surface area contributed by atoms with Gasteiger partial charge in [-0.1, -0.05) is 0 Å².